The van der Waals surface area contributed by atoms with Crippen molar-refractivity contribution in [1.82, 2.24) is 5.32 Å². The zero-order chi connectivity index (χ0) is 13.7. The third kappa shape index (κ3) is 3.26. The first-order valence-corrected chi connectivity index (χ1v) is 5.07. The number of benzene rings is 1. The Morgan fingerprint density at radius 2 is 2.06 bits per heavy atom. The first-order chi connectivity index (χ1) is 8.45. The third-order valence-electron chi connectivity index (χ3n) is 2.33. The van der Waals surface area contributed by atoms with E-state index in [4.69, 9.17) is 6.42 Å². The second kappa shape index (κ2) is 5.75. The Kier molecular flexibility index (Phi) is 4.34. The Hall–Kier alpha value is -2.46. The van der Waals surface area contributed by atoms with Gasteiger partial charge in [0.25, 0.3) is 11.4 Å². The van der Waals surface area contributed by atoms with Crippen molar-refractivity contribution in [1.29, 1.82) is 0 Å². The molecule has 94 valence electrons. The van der Waals surface area contributed by atoms with Crippen LogP contribution in [-0.2, 0) is 6.54 Å². The molecule has 1 aromatic rings. The molecule has 7 heteroatoms. The Morgan fingerprint density at radius 1 is 1.39 bits per heavy atom. The predicted molar refractivity (Wildman–Crippen MR) is 64.9 cm³/mol. The van der Waals surface area contributed by atoms with Crippen LogP contribution in [-0.4, -0.2) is 15.9 Å². The Morgan fingerprint density at radius 3 is 2.56 bits per heavy atom. The number of non-ortho nitro benzene ring substituents is 1. The summed E-state index contributed by atoms with van der Waals surface area (Å²) in [5.74, 6) is 2.42. The molecule has 18 heavy (non-hydrogen) atoms. The lowest BCUT2D eigenvalue weighted by molar-refractivity contribution is -0.394. The number of nitro benzene ring substituents is 2. The van der Waals surface area contributed by atoms with Gasteiger partial charge in [-0.2, -0.15) is 0 Å². The zero-order valence-corrected chi connectivity index (χ0v) is 9.62. The summed E-state index contributed by atoms with van der Waals surface area (Å²) in [6.45, 7) is 1.91. The number of nitrogens with one attached hydrogen (secondary N) is 1. The van der Waals surface area contributed by atoms with Crippen molar-refractivity contribution in [3.05, 3.63) is 44.0 Å². The van der Waals surface area contributed by atoms with Crippen molar-refractivity contribution in [3.8, 4) is 12.3 Å². The second-order valence-electron chi connectivity index (χ2n) is 3.60. The maximum atomic E-state index is 10.8. The predicted octanol–water partition coefficient (Wildman–Crippen LogP) is 1.61. The van der Waals surface area contributed by atoms with E-state index in [1.807, 2.05) is 0 Å². The van der Waals surface area contributed by atoms with E-state index in [0.29, 0.717) is 5.56 Å². The SMILES string of the molecule is C#CC(C)NCc1ccc([N+](=O)[O-])cc1[N+](=O)[O-]. The molecule has 1 atom stereocenters. The molecule has 1 aromatic carbocycles. The van der Waals surface area contributed by atoms with Crippen LogP contribution in [0.1, 0.15) is 12.5 Å². The van der Waals surface area contributed by atoms with Crippen LogP contribution in [0.5, 0.6) is 0 Å². The van der Waals surface area contributed by atoms with Gasteiger partial charge in [0.05, 0.1) is 22.0 Å². The smallest absolute Gasteiger partial charge is 0.280 e. The van der Waals surface area contributed by atoms with Gasteiger partial charge in [0.1, 0.15) is 0 Å². The molecular weight excluding hydrogens is 238 g/mol. The molecule has 0 amide bonds. The Balaban J connectivity index is 3.01. The van der Waals surface area contributed by atoms with Crippen LogP contribution >= 0.6 is 0 Å². The molecule has 0 radical (unpaired) electrons. The largest absolute Gasteiger partial charge is 0.300 e. The Bertz CT molecular complexity index is 522. The molecule has 0 aliphatic carbocycles. The van der Waals surface area contributed by atoms with Crippen LogP contribution in [0.15, 0.2) is 18.2 Å². The number of terminal acetylenes is 1. The summed E-state index contributed by atoms with van der Waals surface area (Å²) in [5, 5.41) is 24.2. The van der Waals surface area contributed by atoms with Crippen LogP contribution in [0.25, 0.3) is 0 Å². The van der Waals surface area contributed by atoms with Gasteiger partial charge in [0.15, 0.2) is 0 Å². The normalized spacial score (nSPS) is 11.6. The lowest BCUT2D eigenvalue weighted by Gasteiger charge is -2.07. The van der Waals surface area contributed by atoms with Crippen molar-refractivity contribution in [3.63, 3.8) is 0 Å². The van der Waals surface area contributed by atoms with Gasteiger partial charge in [0.2, 0.25) is 0 Å². The monoisotopic (exact) mass is 249 g/mol. The van der Waals surface area contributed by atoms with Crippen LogP contribution in [0, 0.1) is 32.6 Å². The van der Waals surface area contributed by atoms with Crippen molar-refractivity contribution in [2.75, 3.05) is 0 Å². The van der Waals surface area contributed by atoms with Gasteiger partial charge >= 0.3 is 0 Å². The van der Waals surface area contributed by atoms with E-state index in [-0.39, 0.29) is 24.0 Å². The maximum Gasteiger partial charge on any atom is 0.280 e. The molecule has 1 N–H and O–H groups in total. The van der Waals surface area contributed by atoms with E-state index < -0.39 is 9.85 Å². The van der Waals surface area contributed by atoms with Gasteiger partial charge in [-0.25, -0.2) is 0 Å². The fraction of sp³-hybridized carbons (Fsp3) is 0.273. The summed E-state index contributed by atoms with van der Waals surface area (Å²) in [7, 11) is 0. The Labute approximate surface area is 103 Å². The van der Waals surface area contributed by atoms with Crippen LogP contribution in [0.2, 0.25) is 0 Å². The van der Waals surface area contributed by atoms with Gasteiger partial charge in [0, 0.05) is 18.2 Å². The molecule has 0 bridgehead atoms. The number of hydrogen-bond acceptors (Lipinski definition) is 5. The van der Waals surface area contributed by atoms with Gasteiger partial charge in [-0.15, -0.1) is 6.42 Å². The molecule has 0 spiro atoms. The van der Waals surface area contributed by atoms with E-state index in [1.54, 1.807) is 6.92 Å². The highest BCUT2D eigenvalue weighted by Gasteiger charge is 2.19. The van der Waals surface area contributed by atoms with E-state index >= 15 is 0 Å². The van der Waals surface area contributed by atoms with Crippen molar-refractivity contribution < 1.29 is 9.85 Å². The molecule has 1 unspecified atom stereocenters. The van der Waals surface area contributed by atoms with Crippen LogP contribution in [0.4, 0.5) is 11.4 Å². The number of nitrogens with zero attached hydrogens (tertiary/aromatic N) is 2. The number of nitro groups is 2. The van der Waals surface area contributed by atoms with E-state index in [9.17, 15) is 20.2 Å². The highest BCUT2D eigenvalue weighted by atomic mass is 16.6. The molecule has 0 fully saturated rings. The van der Waals surface area contributed by atoms with Crippen molar-refractivity contribution in [2.45, 2.75) is 19.5 Å². The van der Waals surface area contributed by atoms with Crippen LogP contribution in [0.3, 0.4) is 0 Å². The van der Waals surface area contributed by atoms with Crippen molar-refractivity contribution >= 4 is 11.4 Å². The van der Waals surface area contributed by atoms with Gasteiger partial charge in [-0.3, -0.25) is 25.5 Å². The second-order valence-corrected chi connectivity index (χ2v) is 3.60. The summed E-state index contributed by atoms with van der Waals surface area (Å²) in [4.78, 5) is 20.0. The van der Waals surface area contributed by atoms with Crippen LogP contribution < -0.4 is 5.32 Å². The van der Waals surface area contributed by atoms with Crippen molar-refractivity contribution in [2.24, 2.45) is 0 Å². The minimum atomic E-state index is -0.672. The first-order valence-electron chi connectivity index (χ1n) is 5.07. The molecule has 0 aliphatic rings. The molecule has 0 saturated carbocycles. The molecule has 1 rings (SSSR count). The standard InChI is InChI=1S/C11H11N3O4/c1-3-8(2)12-7-9-4-5-10(13(15)16)6-11(9)14(17)18/h1,4-6,8,12H,7H2,2H3. The summed E-state index contributed by atoms with van der Waals surface area (Å²) >= 11 is 0. The summed E-state index contributed by atoms with van der Waals surface area (Å²) in [6.07, 6.45) is 5.16. The maximum absolute atomic E-state index is 10.8. The lowest BCUT2D eigenvalue weighted by atomic mass is 10.1. The third-order valence-corrected chi connectivity index (χ3v) is 2.33. The molecule has 0 saturated heterocycles. The van der Waals surface area contributed by atoms with E-state index in [1.165, 1.54) is 12.1 Å². The summed E-state index contributed by atoms with van der Waals surface area (Å²) < 4.78 is 0. The lowest BCUT2D eigenvalue weighted by Crippen LogP contribution is -2.23. The summed E-state index contributed by atoms with van der Waals surface area (Å²) in [5.41, 5.74) is -0.246. The number of rotatable bonds is 5. The highest BCUT2D eigenvalue weighted by Crippen LogP contribution is 2.24. The molecular formula is C11H11N3O4. The fourth-order valence-corrected chi connectivity index (χ4v) is 1.31. The van der Waals surface area contributed by atoms with Gasteiger partial charge < -0.3 is 0 Å². The number of hydrogen-bond donors (Lipinski definition) is 1. The van der Waals surface area contributed by atoms with Gasteiger partial charge in [-0.05, 0) is 13.0 Å². The van der Waals surface area contributed by atoms with E-state index in [0.717, 1.165) is 6.07 Å². The molecule has 0 heterocycles. The average molecular weight is 249 g/mol. The highest BCUT2D eigenvalue weighted by molar-refractivity contribution is 5.49. The minimum absolute atomic E-state index is 0.180. The topological polar surface area (TPSA) is 98.3 Å². The fourth-order valence-electron chi connectivity index (χ4n) is 1.31. The van der Waals surface area contributed by atoms with E-state index in [2.05, 4.69) is 11.2 Å². The molecule has 0 aromatic heterocycles. The molecule has 7 nitrogen and oxygen atoms in total. The average Bonchev–Trinajstić information content (AvgIpc) is 2.35. The quantitative estimate of drug-likeness (QED) is 0.485. The molecule has 0 aliphatic heterocycles. The first kappa shape index (κ1) is 13.6. The minimum Gasteiger partial charge on any atom is -0.300 e. The summed E-state index contributed by atoms with van der Waals surface area (Å²) in [6, 6.07) is 3.29. The zero-order valence-electron chi connectivity index (χ0n) is 9.62. The van der Waals surface area contributed by atoms with Gasteiger partial charge in [-0.1, -0.05) is 5.92 Å².